The zero-order valence-electron chi connectivity index (χ0n) is 17.8. The molecule has 4 rings (SSSR count). The van der Waals surface area contributed by atoms with Crippen LogP contribution in [0.25, 0.3) is 11.1 Å². The van der Waals surface area contributed by atoms with Crippen molar-refractivity contribution in [3.8, 4) is 17.2 Å². The predicted octanol–water partition coefficient (Wildman–Crippen LogP) is 2.80. The Balaban J connectivity index is 1.60. The Hall–Kier alpha value is -2.24. The molecule has 2 fully saturated rings. The maximum absolute atomic E-state index is 12.6. The molecule has 0 unspecified atom stereocenters. The predicted molar refractivity (Wildman–Crippen MR) is 121 cm³/mol. The molecule has 6 nitrogen and oxygen atoms in total. The van der Waals surface area contributed by atoms with E-state index in [1.54, 1.807) is 17.3 Å². The summed E-state index contributed by atoms with van der Waals surface area (Å²) in [7, 11) is -3.24. The fourth-order valence-electron chi connectivity index (χ4n) is 5.01. The Morgan fingerprint density at radius 3 is 2.52 bits per heavy atom. The van der Waals surface area contributed by atoms with Crippen LogP contribution in [0.4, 0.5) is 0 Å². The molecule has 0 aromatic heterocycles. The van der Waals surface area contributed by atoms with Crippen LogP contribution in [0.5, 0.6) is 0 Å². The lowest BCUT2D eigenvalue weighted by atomic mass is 9.74. The molecule has 164 valence electrons. The minimum absolute atomic E-state index is 0.0158. The van der Waals surface area contributed by atoms with E-state index in [1.165, 1.54) is 0 Å². The summed E-state index contributed by atoms with van der Waals surface area (Å²) < 4.78 is 26.8. The van der Waals surface area contributed by atoms with Crippen LogP contribution in [-0.2, 0) is 10.0 Å². The van der Waals surface area contributed by atoms with E-state index in [0.717, 1.165) is 36.1 Å². The highest BCUT2D eigenvalue weighted by atomic mass is 32.2. The molecule has 2 aromatic carbocycles. The summed E-state index contributed by atoms with van der Waals surface area (Å²) in [6.07, 6.45) is 1.78. The molecule has 3 atom stereocenters. The first-order valence-electron chi connectivity index (χ1n) is 10.9. The number of nitriles is 1. The number of nitrogens with zero attached hydrogens (tertiary/aromatic N) is 3. The highest BCUT2D eigenvalue weighted by Gasteiger charge is 2.49. The molecule has 0 radical (unpaired) electrons. The highest BCUT2D eigenvalue weighted by Crippen LogP contribution is 2.42. The number of aliphatic hydroxyl groups excluding tert-OH is 1. The number of rotatable bonds is 5. The van der Waals surface area contributed by atoms with Crippen molar-refractivity contribution >= 4 is 10.0 Å². The number of aliphatic hydroxyl groups is 1. The first kappa shape index (κ1) is 22.0. The van der Waals surface area contributed by atoms with E-state index in [9.17, 15) is 13.5 Å². The van der Waals surface area contributed by atoms with Crippen LogP contribution in [0, 0.1) is 11.3 Å². The third-order valence-electron chi connectivity index (χ3n) is 6.71. The monoisotopic (exact) mass is 439 g/mol. The van der Waals surface area contributed by atoms with Crippen LogP contribution in [0.1, 0.15) is 36.8 Å². The molecule has 31 heavy (non-hydrogen) atoms. The average Bonchev–Trinajstić information content (AvgIpc) is 2.78. The molecule has 0 saturated carbocycles. The summed E-state index contributed by atoms with van der Waals surface area (Å²) in [6, 6.07) is 18.0. The Morgan fingerprint density at radius 1 is 1.10 bits per heavy atom. The van der Waals surface area contributed by atoms with Crippen molar-refractivity contribution < 1.29 is 13.5 Å². The van der Waals surface area contributed by atoms with Gasteiger partial charge in [-0.1, -0.05) is 36.4 Å². The van der Waals surface area contributed by atoms with Gasteiger partial charge in [0, 0.05) is 31.1 Å². The van der Waals surface area contributed by atoms with Gasteiger partial charge in [0.15, 0.2) is 0 Å². The fraction of sp³-hybridized carbons (Fsp3) is 0.458. The van der Waals surface area contributed by atoms with Crippen molar-refractivity contribution in [1.29, 1.82) is 5.26 Å². The van der Waals surface area contributed by atoms with Crippen LogP contribution in [0.3, 0.4) is 0 Å². The number of hydrogen-bond donors (Lipinski definition) is 1. The van der Waals surface area contributed by atoms with Gasteiger partial charge < -0.3 is 5.11 Å². The summed E-state index contributed by atoms with van der Waals surface area (Å²) in [6.45, 7) is 3.70. The molecule has 2 aliphatic rings. The zero-order valence-corrected chi connectivity index (χ0v) is 18.6. The highest BCUT2D eigenvalue weighted by molar-refractivity contribution is 7.89. The Kier molecular flexibility index (Phi) is 6.44. The number of fused-ring (bicyclic) bond motifs is 1. The van der Waals surface area contributed by atoms with Crippen LogP contribution in [0.2, 0.25) is 0 Å². The third kappa shape index (κ3) is 4.26. The number of sulfonamides is 1. The van der Waals surface area contributed by atoms with Crippen LogP contribution < -0.4 is 0 Å². The summed E-state index contributed by atoms with van der Waals surface area (Å²) in [5, 5.41) is 19.2. The maximum Gasteiger partial charge on any atom is 0.213 e. The second-order valence-electron chi connectivity index (χ2n) is 8.36. The van der Waals surface area contributed by atoms with E-state index in [0.29, 0.717) is 18.7 Å². The summed E-state index contributed by atoms with van der Waals surface area (Å²) in [5.74, 6) is 0.210. The molecule has 2 aliphatic heterocycles. The van der Waals surface area contributed by atoms with E-state index in [4.69, 9.17) is 5.26 Å². The lowest BCUT2D eigenvalue weighted by molar-refractivity contribution is -0.0553. The van der Waals surface area contributed by atoms with Crippen molar-refractivity contribution in [2.45, 2.75) is 37.8 Å². The van der Waals surface area contributed by atoms with Gasteiger partial charge in [0.1, 0.15) is 0 Å². The van der Waals surface area contributed by atoms with Crippen molar-refractivity contribution in [2.24, 2.45) is 0 Å². The maximum atomic E-state index is 12.6. The first-order chi connectivity index (χ1) is 15.0. The summed E-state index contributed by atoms with van der Waals surface area (Å²) in [5.41, 5.74) is 3.77. The lowest BCUT2D eigenvalue weighted by Crippen LogP contribution is -2.67. The molecular formula is C24H29N3O3S. The smallest absolute Gasteiger partial charge is 0.213 e. The van der Waals surface area contributed by atoms with Gasteiger partial charge in [-0.25, -0.2) is 12.7 Å². The van der Waals surface area contributed by atoms with Crippen molar-refractivity contribution in [3.05, 3.63) is 59.7 Å². The van der Waals surface area contributed by atoms with E-state index >= 15 is 0 Å². The molecule has 2 heterocycles. The minimum atomic E-state index is -3.24. The second kappa shape index (κ2) is 9.09. The van der Waals surface area contributed by atoms with E-state index < -0.39 is 10.0 Å². The first-order valence-corrected chi connectivity index (χ1v) is 12.5. The lowest BCUT2D eigenvalue weighted by Gasteiger charge is -2.57. The molecular weight excluding hydrogens is 410 g/mol. The second-order valence-corrected chi connectivity index (χ2v) is 10.6. The topological polar surface area (TPSA) is 84.6 Å². The molecule has 7 heteroatoms. The fourth-order valence-corrected chi connectivity index (χ4v) is 6.16. The summed E-state index contributed by atoms with van der Waals surface area (Å²) >= 11 is 0. The van der Waals surface area contributed by atoms with Gasteiger partial charge in [-0.15, -0.1) is 0 Å². The molecule has 0 bridgehead atoms. The Morgan fingerprint density at radius 2 is 1.84 bits per heavy atom. The van der Waals surface area contributed by atoms with Gasteiger partial charge in [-0.2, -0.15) is 5.26 Å². The minimum Gasteiger partial charge on any atom is -0.395 e. The molecule has 0 spiro atoms. The number of benzene rings is 2. The van der Waals surface area contributed by atoms with Crippen LogP contribution in [0.15, 0.2) is 48.5 Å². The van der Waals surface area contributed by atoms with Crippen molar-refractivity contribution in [3.63, 3.8) is 0 Å². The molecule has 2 saturated heterocycles. The normalized spacial score (nSPS) is 25.0. The van der Waals surface area contributed by atoms with Gasteiger partial charge in [0.05, 0.1) is 24.0 Å². The van der Waals surface area contributed by atoms with Gasteiger partial charge in [-0.05, 0) is 55.1 Å². The van der Waals surface area contributed by atoms with E-state index in [-0.39, 0.29) is 30.4 Å². The summed E-state index contributed by atoms with van der Waals surface area (Å²) in [4.78, 5) is 2.28. The number of hydrogen-bond acceptors (Lipinski definition) is 5. The van der Waals surface area contributed by atoms with Crippen molar-refractivity contribution in [1.82, 2.24) is 9.21 Å². The largest absolute Gasteiger partial charge is 0.395 e. The average molecular weight is 440 g/mol. The van der Waals surface area contributed by atoms with E-state index in [2.05, 4.69) is 23.1 Å². The van der Waals surface area contributed by atoms with Gasteiger partial charge >= 0.3 is 0 Å². The SMILES string of the molecule is CCS(=O)(=O)N1CCCCN2[C@H](C1)[C@H](c1ccc(-c3cccc(C#N)c3)cc1)[C@@H]2CO. The Bertz CT molecular complexity index is 1060. The molecule has 0 amide bonds. The zero-order chi connectivity index (χ0) is 22.0. The van der Waals surface area contributed by atoms with Gasteiger partial charge in [0.2, 0.25) is 10.0 Å². The van der Waals surface area contributed by atoms with Crippen molar-refractivity contribution in [2.75, 3.05) is 32.0 Å². The third-order valence-corrected chi connectivity index (χ3v) is 8.56. The van der Waals surface area contributed by atoms with Crippen LogP contribution in [-0.4, -0.2) is 66.8 Å². The quantitative estimate of drug-likeness (QED) is 0.774. The molecule has 0 aliphatic carbocycles. The van der Waals surface area contributed by atoms with Gasteiger partial charge in [0.25, 0.3) is 0 Å². The standard InChI is InChI=1S/C24H29N3O3S/c1-2-31(29,30)26-12-3-4-13-27-22(16-26)24(23(27)17-28)20-10-8-19(9-11-20)21-7-5-6-18(14-21)15-25/h5-11,14,22-24,28H,2-4,12-13,16-17H2,1H3/t22-,23+,24+/m1/s1. The van der Waals surface area contributed by atoms with Crippen LogP contribution >= 0.6 is 0 Å². The Labute approximate surface area is 184 Å². The molecule has 1 N–H and O–H groups in total. The van der Waals surface area contributed by atoms with E-state index in [1.807, 2.05) is 30.3 Å². The van der Waals surface area contributed by atoms with Gasteiger partial charge in [-0.3, -0.25) is 4.90 Å². The molecule has 2 aromatic rings.